The molecule has 0 saturated carbocycles. The number of aliphatic hydroxyl groups excluding tert-OH is 1. The van der Waals surface area contributed by atoms with Crippen LogP contribution in [-0.2, 0) is 0 Å². The molecule has 2 aliphatic rings. The fraction of sp³-hybridized carbons (Fsp3) is 0.400. The second-order valence-electron chi connectivity index (χ2n) is 8.45. The van der Waals surface area contributed by atoms with Crippen molar-refractivity contribution in [1.29, 1.82) is 0 Å². The molecule has 170 valence electrons. The minimum absolute atomic E-state index is 0.0104. The molecule has 0 spiro atoms. The molecule has 0 unspecified atom stereocenters. The fourth-order valence-electron chi connectivity index (χ4n) is 4.93. The fourth-order valence-corrected chi connectivity index (χ4v) is 4.93. The summed E-state index contributed by atoms with van der Waals surface area (Å²) in [6.07, 6.45) is 5.73. The lowest BCUT2D eigenvalue weighted by Gasteiger charge is -2.57. The van der Waals surface area contributed by atoms with E-state index in [4.69, 9.17) is 0 Å². The van der Waals surface area contributed by atoms with Gasteiger partial charge in [0.1, 0.15) is 11.6 Å². The Kier molecular flexibility index (Phi) is 6.86. The Labute approximate surface area is 187 Å². The number of urea groups is 1. The van der Waals surface area contributed by atoms with Crippen LogP contribution >= 0.6 is 0 Å². The molecule has 2 N–H and O–H groups in total. The number of benzene rings is 2. The van der Waals surface area contributed by atoms with Crippen LogP contribution < -0.4 is 5.32 Å². The SMILES string of the molecule is C/C=C/c1ccc([C@@H]2[C@@H](CO)N3CCCCN(C(=O)Nc4cc(F)ccc4F)C[C@@H]23)cc1. The molecule has 2 aromatic carbocycles. The standard InChI is InChI=1S/C25H29F2N3O2/c1-2-5-17-6-8-18(9-7-17)24-22-15-29(12-3-4-13-30(22)23(24)16-31)25(32)28-21-14-19(26)10-11-20(21)27/h2,5-11,14,22-24,31H,3-4,12-13,15-16H2,1H3,(H,28,32)/b5-2+/t22-,23+,24-/m0/s1. The average molecular weight is 442 g/mol. The van der Waals surface area contributed by atoms with Crippen LogP contribution in [0.4, 0.5) is 19.3 Å². The first-order valence-corrected chi connectivity index (χ1v) is 11.1. The highest BCUT2D eigenvalue weighted by molar-refractivity contribution is 5.89. The van der Waals surface area contributed by atoms with Crippen LogP contribution in [0.5, 0.6) is 0 Å². The van der Waals surface area contributed by atoms with Gasteiger partial charge in [0.05, 0.1) is 12.3 Å². The molecule has 0 aliphatic carbocycles. The molecule has 2 aromatic rings. The highest BCUT2D eigenvalue weighted by Gasteiger charge is 2.49. The molecule has 5 nitrogen and oxygen atoms in total. The maximum absolute atomic E-state index is 14.0. The lowest BCUT2D eigenvalue weighted by atomic mass is 9.74. The molecular formula is C25H29F2N3O2. The van der Waals surface area contributed by atoms with Crippen LogP contribution in [0.2, 0.25) is 0 Å². The molecule has 32 heavy (non-hydrogen) atoms. The van der Waals surface area contributed by atoms with E-state index < -0.39 is 17.7 Å². The van der Waals surface area contributed by atoms with Gasteiger partial charge >= 0.3 is 6.03 Å². The number of allylic oxidation sites excluding steroid dienone is 1. The zero-order chi connectivity index (χ0) is 22.7. The number of nitrogens with one attached hydrogen (secondary N) is 1. The molecule has 2 amide bonds. The smallest absolute Gasteiger partial charge is 0.321 e. The number of anilines is 1. The number of halogens is 2. The number of hydrogen-bond acceptors (Lipinski definition) is 3. The van der Waals surface area contributed by atoms with Crippen LogP contribution in [0.1, 0.15) is 36.8 Å². The summed E-state index contributed by atoms with van der Waals surface area (Å²) in [6, 6.07) is 10.9. The molecular weight excluding hydrogens is 412 g/mol. The van der Waals surface area contributed by atoms with Crippen molar-refractivity contribution in [3.8, 4) is 0 Å². The Balaban J connectivity index is 1.53. The number of aliphatic hydroxyl groups is 1. The summed E-state index contributed by atoms with van der Waals surface area (Å²) in [6.45, 7) is 3.91. The van der Waals surface area contributed by atoms with Crippen LogP contribution in [0.25, 0.3) is 6.08 Å². The summed E-state index contributed by atoms with van der Waals surface area (Å²) in [5.74, 6) is -1.18. The Morgan fingerprint density at radius 2 is 1.91 bits per heavy atom. The summed E-state index contributed by atoms with van der Waals surface area (Å²) in [5, 5.41) is 12.6. The zero-order valence-corrected chi connectivity index (χ0v) is 18.2. The number of hydrogen-bond donors (Lipinski definition) is 2. The highest BCUT2D eigenvalue weighted by atomic mass is 19.1. The van der Waals surface area contributed by atoms with Crippen molar-refractivity contribution in [1.82, 2.24) is 9.80 Å². The largest absolute Gasteiger partial charge is 0.395 e. The first-order valence-electron chi connectivity index (χ1n) is 11.1. The van der Waals surface area contributed by atoms with Crippen molar-refractivity contribution in [3.63, 3.8) is 0 Å². The van der Waals surface area contributed by atoms with Gasteiger partial charge in [0.2, 0.25) is 0 Å². The van der Waals surface area contributed by atoms with Gasteiger partial charge < -0.3 is 15.3 Å². The maximum Gasteiger partial charge on any atom is 0.321 e. The number of carbonyl (C=O) groups is 1. The molecule has 0 radical (unpaired) electrons. The van der Waals surface area contributed by atoms with Crippen molar-refractivity contribution < 1.29 is 18.7 Å². The van der Waals surface area contributed by atoms with E-state index in [2.05, 4.69) is 34.5 Å². The Hall–Kier alpha value is -2.77. The second kappa shape index (κ2) is 9.79. The molecule has 2 aliphatic heterocycles. The molecule has 2 fully saturated rings. The van der Waals surface area contributed by atoms with Crippen molar-refractivity contribution in [2.24, 2.45) is 0 Å². The van der Waals surface area contributed by atoms with Gasteiger partial charge in [0, 0.05) is 37.2 Å². The van der Waals surface area contributed by atoms with Gasteiger partial charge in [-0.3, -0.25) is 4.90 Å². The van der Waals surface area contributed by atoms with E-state index in [1.807, 2.05) is 19.1 Å². The van der Waals surface area contributed by atoms with Gasteiger partial charge in [-0.1, -0.05) is 36.4 Å². The van der Waals surface area contributed by atoms with E-state index in [1.165, 1.54) is 0 Å². The van der Waals surface area contributed by atoms with Crippen molar-refractivity contribution in [2.45, 2.75) is 37.8 Å². The van der Waals surface area contributed by atoms with E-state index in [-0.39, 0.29) is 30.3 Å². The first-order chi connectivity index (χ1) is 15.5. The number of nitrogens with zero attached hydrogens (tertiary/aromatic N) is 2. The number of fused-ring (bicyclic) bond motifs is 1. The maximum atomic E-state index is 14.0. The van der Waals surface area contributed by atoms with Gasteiger partial charge in [-0.25, -0.2) is 13.6 Å². The monoisotopic (exact) mass is 441 g/mol. The quantitative estimate of drug-likeness (QED) is 0.737. The van der Waals surface area contributed by atoms with Gasteiger partial charge in [-0.05, 0) is 49.6 Å². The van der Waals surface area contributed by atoms with Crippen LogP contribution in [0, 0.1) is 11.6 Å². The van der Waals surface area contributed by atoms with E-state index in [0.717, 1.165) is 48.7 Å². The van der Waals surface area contributed by atoms with Gasteiger partial charge in [0.15, 0.2) is 0 Å². The predicted octanol–water partition coefficient (Wildman–Crippen LogP) is 4.45. The van der Waals surface area contributed by atoms with Crippen molar-refractivity contribution >= 4 is 17.8 Å². The third kappa shape index (κ3) is 4.54. The minimum Gasteiger partial charge on any atom is -0.395 e. The summed E-state index contributed by atoms with van der Waals surface area (Å²) < 4.78 is 27.5. The molecule has 3 atom stereocenters. The number of carbonyl (C=O) groups excluding carboxylic acids is 1. The van der Waals surface area contributed by atoms with Gasteiger partial charge in [-0.15, -0.1) is 0 Å². The summed E-state index contributed by atoms with van der Waals surface area (Å²) in [5.41, 5.74) is 2.09. The third-order valence-electron chi connectivity index (χ3n) is 6.51. The van der Waals surface area contributed by atoms with Crippen molar-refractivity contribution in [2.75, 3.05) is 31.6 Å². The highest BCUT2D eigenvalue weighted by Crippen LogP contribution is 2.42. The second-order valence-corrected chi connectivity index (χ2v) is 8.45. The summed E-state index contributed by atoms with van der Waals surface area (Å²) in [7, 11) is 0. The molecule has 7 heteroatoms. The van der Waals surface area contributed by atoms with Crippen LogP contribution in [0.3, 0.4) is 0 Å². The minimum atomic E-state index is -0.670. The topological polar surface area (TPSA) is 55.8 Å². The normalized spacial score (nSPS) is 23.9. The summed E-state index contributed by atoms with van der Waals surface area (Å²) >= 11 is 0. The summed E-state index contributed by atoms with van der Waals surface area (Å²) in [4.78, 5) is 16.9. The molecule has 2 heterocycles. The van der Waals surface area contributed by atoms with Gasteiger partial charge in [0.25, 0.3) is 0 Å². The van der Waals surface area contributed by atoms with Gasteiger partial charge in [-0.2, -0.15) is 0 Å². The lowest BCUT2D eigenvalue weighted by molar-refractivity contribution is -0.0585. The van der Waals surface area contributed by atoms with E-state index in [0.29, 0.717) is 13.1 Å². The van der Waals surface area contributed by atoms with E-state index in [1.54, 1.807) is 4.90 Å². The lowest BCUT2D eigenvalue weighted by Crippen LogP contribution is -2.68. The zero-order valence-electron chi connectivity index (χ0n) is 18.2. The average Bonchev–Trinajstić information content (AvgIpc) is 2.76. The number of amides is 2. The number of rotatable bonds is 4. The Morgan fingerprint density at radius 1 is 1.16 bits per heavy atom. The van der Waals surface area contributed by atoms with Crippen LogP contribution in [0.15, 0.2) is 48.5 Å². The van der Waals surface area contributed by atoms with E-state index >= 15 is 0 Å². The first kappa shape index (κ1) is 22.4. The van der Waals surface area contributed by atoms with Crippen LogP contribution in [-0.4, -0.2) is 59.3 Å². The Bertz CT molecular complexity index is 980. The molecule has 4 rings (SSSR count). The van der Waals surface area contributed by atoms with E-state index in [9.17, 15) is 18.7 Å². The third-order valence-corrected chi connectivity index (χ3v) is 6.51. The molecule has 0 bridgehead atoms. The Morgan fingerprint density at radius 3 is 2.62 bits per heavy atom. The predicted molar refractivity (Wildman–Crippen MR) is 121 cm³/mol. The molecule has 0 aromatic heterocycles. The van der Waals surface area contributed by atoms with Crippen molar-refractivity contribution in [3.05, 3.63) is 71.3 Å². The molecule has 2 saturated heterocycles.